The highest BCUT2D eigenvalue weighted by atomic mass is 32.1. The molecule has 1 saturated heterocycles. The number of amides is 5. The SMILES string of the molecule is CC(=O)NC1CCCCC1C(=O)NC(C)C(CN)C(=O)N1C(=O)C(CNC(=O)CS)C1(C)C. The Kier molecular flexibility index (Phi) is 9.30. The number of carbonyl (C=O) groups excluding carboxylic acids is 5. The van der Waals surface area contributed by atoms with E-state index in [9.17, 15) is 24.0 Å². The van der Waals surface area contributed by atoms with Crippen LogP contribution in [0.2, 0.25) is 0 Å². The minimum Gasteiger partial charge on any atom is -0.355 e. The number of imide groups is 1. The molecule has 0 spiro atoms. The summed E-state index contributed by atoms with van der Waals surface area (Å²) < 4.78 is 0. The van der Waals surface area contributed by atoms with Crippen molar-refractivity contribution in [3.05, 3.63) is 0 Å². The Morgan fingerprint density at radius 2 is 1.85 bits per heavy atom. The largest absolute Gasteiger partial charge is 0.355 e. The third kappa shape index (κ3) is 6.06. The Bertz CT molecular complexity index is 789. The molecule has 0 aromatic carbocycles. The van der Waals surface area contributed by atoms with Gasteiger partial charge in [-0.2, -0.15) is 12.6 Å². The van der Waals surface area contributed by atoms with Crippen LogP contribution in [0.5, 0.6) is 0 Å². The van der Waals surface area contributed by atoms with Gasteiger partial charge in [0.25, 0.3) is 0 Å². The summed E-state index contributed by atoms with van der Waals surface area (Å²) >= 11 is 3.90. The average Bonchev–Trinajstić information content (AvgIpc) is 2.73. The maximum Gasteiger partial charge on any atom is 0.236 e. The van der Waals surface area contributed by atoms with Gasteiger partial charge in [-0.15, -0.1) is 0 Å². The smallest absolute Gasteiger partial charge is 0.236 e. The molecule has 33 heavy (non-hydrogen) atoms. The molecule has 0 aromatic heterocycles. The van der Waals surface area contributed by atoms with Crippen molar-refractivity contribution in [2.45, 2.75) is 71.0 Å². The topological polar surface area (TPSA) is 151 Å². The molecule has 186 valence electrons. The number of nitrogens with two attached hydrogens (primary N) is 1. The van der Waals surface area contributed by atoms with Crippen molar-refractivity contribution in [2.75, 3.05) is 18.8 Å². The summed E-state index contributed by atoms with van der Waals surface area (Å²) in [6.07, 6.45) is 3.22. The quantitative estimate of drug-likeness (QED) is 0.222. The Balaban J connectivity index is 2.04. The van der Waals surface area contributed by atoms with Crippen LogP contribution in [0.4, 0.5) is 0 Å². The van der Waals surface area contributed by atoms with E-state index < -0.39 is 29.3 Å². The highest BCUT2D eigenvalue weighted by Crippen LogP contribution is 2.38. The third-order valence-electron chi connectivity index (χ3n) is 6.85. The van der Waals surface area contributed by atoms with E-state index in [0.717, 1.165) is 19.3 Å². The molecule has 0 radical (unpaired) electrons. The summed E-state index contributed by atoms with van der Waals surface area (Å²) in [6.45, 7) is 6.74. The van der Waals surface area contributed by atoms with Gasteiger partial charge in [0.15, 0.2) is 0 Å². The van der Waals surface area contributed by atoms with Gasteiger partial charge in [-0.1, -0.05) is 12.8 Å². The molecule has 1 aliphatic carbocycles. The first-order valence-electron chi connectivity index (χ1n) is 11.5. The summed E-state index contributed by atoms with van der Waals surface area (Å²) in [4.78, 5) is 63.2. The summed E-state index contributed by atoms with van der Waals surface area (Å²) in [6, 6.07) is -0.832. The molecular formula is C22H37N5O5S. The molecule has 2 fully saturated rings. The van der Waals surface area contributed by atoms with Gasteiger partial charge < -0.3 is 21.7 Å². The lowest BCUT2D eigenvalue weighted by Gasteiger charge is -2.53. The lowest BCUT2D eigenvalue weighted by molar-refractivity contribution is -0.177. The molecule has 1 aliphatic heterocycles. The van der Waals surface area contributed by atoms with E-state index in [4.69, 9.17) is 5.73 Å². The van der Waals surface area contributed by atoms with E-state index in [0.29, 0.717) is 6.42 Å². The van der Waals surface area contributed by atoms with E-state index in [1.165, 1.54) is 11.8 Å². The highest BCUT2D eigenvalue weighted by molar-refractivity contribution is 7.81. The van der Waals surface area contributed by atoms with Crippen molar-refractivity contribution < 1.29 is 24.0 Å². The van der Waals surface area contributed by atoms with Crippen LogP contribution in [-0.2, 0) is 24.0 Å². The van der Waals surface area contributed by atoms with Gasteiger partial charge in [-0.25, -0.2) is 0 Å². The maximum absolute atomic E-state index is 13.2. The van der Waals surface area contributed by atoms with Gasteiger partial charge in [0.1, 0.15) is 0 Å². The second kappa shape index (κ2) is 11.3. The van der Waals surface area contributed by atoms with Crippen LogP contribution in [0.25, 0.3) is 0 Å². The molecule has 1 heterocycles. The molecule has 11 heteroatoms. The van der Waals surface area contributed by atoms with E-state index in [1.807, 2.05) is 0 Å². The molecule has 5 amide bonds. The highest BCUT2D eigenvalue weighted by Gasteiger charge is 2.57. The normalized spacial score (nSPS) is 25.9. The van der Waals surface area contributed by atoms with Gasteiger partial charge >= 0.3 is 0 Å². The number of β-lactam (4-membered cyclic amide) rings is 1. The summed E-state index contributed by atoms with van der Waals surface area (Å²) in [5.74, 6) is -3.19. The first-order valence-corrected chi connectivity index (χ1v) is 12.1. The van der Waals surface area contributed by atoms with Crippen molar-refractivity contribution in [2.24, 2.45) is 23.5 Å². The van der Waals surface area contributed by atoms with Crippen LogP contribution < -0.4 is 21.7 Å². The third-order valence-corrected chi connectivity index (χ3v) is 7.14. The number of hydrogen-bond acceptors (Lipinski definition) is 7. The zero-order chi connectivity index (χ0) is 24.9. The maximum atomic E-state index is 13.2. The number of nitrogens with one attached hydrogen (secondary N) is 3. The molecule has 1 saturated carbocycles. The number of carbonyl (C=O) groups is 5. The molecule has 0 aromatic rings. The Hall–Kier alpha value is -2.14. The van der Waals surface area contributed by atoms with Crippen LogP contribution in [0.15, 0.2) is 0 Å². The fourth-order valence-corrected chi connectivity index (χ4v) is 4.94. The lowest BCUT2D eigenvalue weighted by atomic mass is 9.74. The van der Waals surface area contributed by atoms with Gasteiger partial charge in [0.05, 0.1) is 29.0 Å². The summed E-state index contributed by atoms with van der Waals surface area (Å²) in [5.41, 5.74) is 5.09. The van der Waals surface area contributed by atoms with Gasteiger partial charge in [-0.3, -0.25) is 28.9 Å². The Morgan fingerprint density at radius 3 is 2.39 bits per heavy atom. The molecule has 2 rings (SSSR count). The molecule has 5 unspecified atom stereocenters. The first-order chi connectivity index (χ1) is 15.4. The number of thiol groups is 1. The van der Waals surface area contributed by atoms with E-state index >= 15 is 0 Å². The standard InChI is InChI=1S/C22H37N5O5S/c1-12(25-19(30)14-7-5-6-8-17(14)26-13(2)28)15(9-23)20(31)27-21(32)16(22(27,3)4)10-24-18(29)11-33/h12,14-17,33H,5-11,23H2,1-4H3,(H,24,29)(H,25,30)(H,26,28). The second-order valence-corrected chi connectivity index (χ2v) is 9.83. The van der Waals surface area contributed by atoms with Crippen molar-refractivity contribution in [3.63, 3.8) is 0 Å². The predicted molar refractivity (Wildman–Crippen MR) is 126 cm³/mol. The van der Waals surface area contributed by atoms with Crippen LogP contribution in [-0.4, -0.2) is 70.9 Å². The van der Waals surface area contributed by atoms with Crippen LogP contribution in [0.1, 0.15) is 53.4 Å². The van der Waals surface area contributed by atoms with Crippen LogP contribution in [0, 0.1) is 17.8 Å². The number of hydrogen-bond donors (Lipinski definition) is 5. The van der Waals surface area contributed by atoms with Gasteiger partial charge in [0, 0.05) is 32.1 Å². The van der Waals surface area contributed by atoms with Crippen molar-refractivity contribution in [1.82, 2.24) is 20.9 Å². The van der Waals surface area contributed by atoms with E-state index in [2.05, 4.69) is 28.6 Å². The summed E-state index contributed by atoms with van der Waals surface area (Å²) in [5, 5.41) is 8.39. The molecule has 5 N–H and O–H groups in total. The fraction of sp³-hybridized carbons (Fsp3) is 0.773. The van der Waals surface area contributed by atoms with Gasteiger partial charge in [-0.05, 0) is 33.6 Å². The molecule has 0 bridgehead atoms. The molecule has 5 atom stereocenters. The van der Waals surface area contributed by atoms with Crippen molar-refractivity contribution in [1.29, 1.82) is 0 Å². The van der Waals surface area contributed by atoms with Crippen LogP contribution >= 0.6 is 12.6 Å². The molecular weight excluding hydrogens is 446 g/mol. The van der Waals surface area contributed by atoms with E-state index in [1.54, 1.807) is 20.8 Å². The van der Waals surface area contributed by atoms with Crippen molar-refractivity contribution in [3.8, 4) is 0 Å². The number of rotatable bonds is 9. The minimum absolute atomic E-state index is 0.0141. The second-order valence-electron chi connectivity index (χ2n) is 9.52. The number of likely N-dealkylation sites (tertiary alicyclic amines) is 1. The van der Waals surface area contributed by atoms with Crippen molar-refractivity contribution >= 4 is 42.2 Å². The molecule has 2 aliphatic rings. The predicted octanol–water partition coefficient (Wildman–Crippen LogP) is -0.429. The van der Waals surface area contributed by atoms with Gasteiger partial charge in [0.2, 0.25) is 29.5 Å². The van der Waals surface area contributed by atoms with Crippen LogP contribution in [0.3, 0.4) is 0 Å². The first kappa shape index (κ1) is 27.1. The zero-order valence-corrected chi connectivity index (χ0v) is 20.7. The minimum atomic E-state index is -0.797. The number of nitrogens with zero attached hydrogens (tertiary/aromatic N) is 1. The summed E-state index contributed by atoms with van der Waals surface area (Å²) in [7, 11) is 0. The average molecular weight is 484 g/mol. The molecule has 10 nitrogen and oxygen atoms in total. The fourth-order valence-electron chi connectivity index (χ4n) is 4.83. The monoisotopic (exact) mass is 483 g/mol. The van der Waals surface area contributed by atoms with E-state index in [-0.39, 0.29) is 54.4 Å². The Morgan fingerprint density at radius 1 is 1.21 bits per heavy atom. The lowest BCUT2D eigenvalue weighted by Crippen LogP contribution is -2.73. The zero-order valence-electron chi connectivity index (χ0n) is 19.8. The Labute approximate surface area is 200 Å².